The maximum atomic E-state index is 6.30. The van der Waals surface area contributed by atoms with Crippen LogP contribution in [0.15, 0.2) is 0 Å². The molecule has 1 aliphatic carbocycles. The highest BCUT2D eigenvalue weighted by Gasteiger charge is 2.46. The fourth-order valence-corrected chi connectivity index (χ4v) is 4.31. The first-order valence-corrected chi connectivity index (χ1v) is 8.12. The Morgan fingerprint density at radius 1 is 1.21 bits per heavy atom. The molecule has 3 heteroatoms. The van der Waals surface area contributed by atoms with Crippen molar-refractivity contribution >= 4 is 0 Å². The fourth-order valence-electron chi connectivity index (χ4n) is 4.31. The van der Waals surface area contributed by atoms with Gasteiger partial charge in [0.1, 0.15) is 0 Å². The van der Waals surface area contributed by atoms with Crippen LogP contribution in [0.1, 0.15) is 52.9 Å². The summed E-state index contributed by atoms with van der Waals surface area (Å²) in [6, 6.07) is 0. The summed E-state index contributed by atoms with van der Waals surface area (Å²) >= 11 is 0. The van der Waals surface area contributed by atoms with E-state index in [1.165, 1.54) is 45.2 Å². The van der Waals surface area contributed by atoms with Crippen LogP contribution in [0, 0.1) is 5.92 Å². The van der Waals surface area contributed by atoms with Crippen molar-refractivity contribution in [2.24, 2.45) is 11.7 Å². The van der Waals surface area contributed by atoms with Crippen LogP contribution < -0.4 is 5.73 Å². The second kappa shape index (κ2) is 5.71. The molecule has 2 unspecified atom stereocenters. The lowest BCUT2D eigenvalue weighted by Gasteiger charge is -2.57. The van der Waals surface area contributed by atoms with Gasteiger partial charge in [-0.2, -0.15) is 0 Å². The van der Waals surface area contributed by atoms with Crippen LogP contribution in [0.25, 0.3) is 0 Å². The summed E-state index contributed by atoms with van der Waals surface area (Å²) in [7, 11) is 2.25. The summed E-state index contributed by atoms with van der Waals surface area (Å²) in [6.07, 6.45) is 6.73. The van der Waals surface area contributed by atoms with E-state index in [-0.39, 0.29) is 11.1 Å². The Hall–Kier alpha value is -0.120. The lowest BCUT2D eigenvalue weighted by Crippen LogP contribution is -2.68. The molecular weight excluding hydrogens is 234 g/mol. The molecule has 0 aromatic carbocycles. The topological polar surface area (TPSA) is 32.5 Å². The van der Waals surface area contributed by atoms with Crippen molar-refractivity contribution < 1.29 is 0 Å². The standard InChI is InChI=1S/C16H33N3/c1-5-14-8-6-7-9-16(14,12-17)19-11-10-18(4)15(2,3)13-19/h14H,5-13,17H2,1-4H3. The van der Waals surface area contributed by atoms with Gasteiger partial charge in [-0.15, -0.1) is 0 Å². The summed E-state index contributed by atoms with van der Waals surface area (Å²) in [5.41, 5.74) is 6.86. The SMILES string of the molecule is CCC1CCCCC1(CN)N1CCN(C)C(C)(C)C1. The van der Waals surface area contributed by atoms with Crippen molar-refractivity contribution in [3.05, 3.63) is 0 Å². The summed E-state index contributed by atoms with van der Waals surface area (Å²) in [6.45, 7) is 11.4. The average Bonchev–Trinajstić information content (AvgIpc) is 2.41. The van der Waals surface area contributed by atoms with E-state index in [0.29, 0.717) is 0 Å². The monoisotopic (exact) mass is 267 g/mol. The first kappa shape index (κ1) is 15.3. The smallest absolute Gasteiger partial charge is 0.0361 e. The van der Waals surface area contributed by atoms with Crippen molar-refractivity contribution in [3.63, 3.8) is 0 Å². The molecule has 3 nitrogen and oxygen atoms in total. The lowest BCUT2D eigenvalue weighted by atomic mass is 9.69. The van der Waals surface area contributed by atoms with E-state index >= 15 is 0 Å². The molecule has 112 valence electrons. The number of piperazine rings is 1. The van der Waals surface area contributed by atoms with Gasteiger partial charge in [0, 0.05) is 37.3 Å². The molecule has 2 N–H and O–H groups in total. The third-order valence-electron chi connectivity index (χ3n) is 5.96. The highest BCUT2D eigenvalue weighted by Crippen LogP contribution is 2.41. The summed E-state index contributed by atoms with van der Waals surface area (Å²) < 4.78 is 0. The molecule has 0 bridgehead atoms. The van der Waals surface area contributed by atoms with Crippen molar-refractivity contribution in [1.82, 2.24) is 9.80 Å². The van der Waals surface area contributed by atoms with E-state index in [0.717, 1.165) is 19.0 Å². The number of nitrogens with two attached hydrogens (primary N) is 1. The molecule has 0 aromatic heterocycles. The number of rotatable bonds is 3. The molecule has 2 rings (SSSR count). The molecule has 0 aromatic rings. The number of nitrogens with zero attached hydrogens (tertiary/aromatic N) is 2. The van der Waals surface area contributed by atoms with Gasteiger partial charge in [0.05, 0.1) is 0 Å². The molecule has 1 saturated heterocycles. The van der Waals surface area contributed by atoms with E-state index in [2.05, 4.69) is 37.6 Å². The van der Waals surface area contributed by atoms with Gasteiger partial charge >= 0.3 is 0 Å². The Morgan fingerprint density at radius 2 is 1.95 bits per heavy atom. The largest absolute Gasteiger partial charge is 0.329 e. The molecule has 0 spiro atoms. The van der Waals surface area contributed by atoms with Crippen molar-refractivity contribution in [1.29, 1.82) is 0 Å². The maximum Gasteiger partial charge on any atom is 0.0361 e. The molecule has 2 atom stereocenters. The zero-order valence-electron chi connectivity index (χ0n) is 13.4. The molecular formula is C16H33N3. The molecule has 2 aliphatic rings. The minimum atomic E-state index is 0.274. The summed E-state index contributed by atoms with van der Waals surface area (Å²) in [5.74, 6) is 0.797. The van der Waals surface area contributed by atoms with Crippen molar-refractivity contribution in [2.45, 2.75) is 64.0 Å². The molecule has 2 fully saturated rings. The summed E-state index contributed by atoms with van der Waals surface area (Å²) in [5, 5.41) is 0. The van der Waals surface area contributed by atoms with Crippen LogP contribution in [0.3, 0.4) is 0 Å². The second-order valence-electron chi connectivity index (χ2n) is 7.31. The van der Waals surface area contributed by atoms with Crippen LogP contribution in [0.4, 0.5) is 0 Å². The third-order valence-corrected chi connectivity index (χ3v) is 5.96. The Kier molecular flexibility index (Phi) is 4.59. The number of hydrogen-bond acceptors (Lipinski definition) is 3. The number of likely N-dealkylation sites (N-methyl/N-ethyl adjacent to an activating group) is 1. The van der Waals surface area contributed by atoms with Gasteiger partial charge < -0.3 is 5.73 Å². The molecule has 1 aliphatic heterocycles. The van der Waals surface area contributed by atoms with Gasteiger partial charge in [-0.25, -0.2) is 0 Å². The first-order chi connectivity index (χ1) is 8.96. The molecule has 19 heavy (non-hydrogen) atoms. The van der Waals surface area contributed by atoms with Crippen LogP contribution in [-0.4, -0.2) is 54.1 Å². The van der Waals surface area contributed by atoms with E-state index in [4.69, 9.17) is 5.73 Å². The van der Waals surface area contributed by atoms with Gasteiger partial charge in [0.25, 0.3) is 0 Å². The minimum Gasteiger partial charge on any atom is -0.329 e. The Morgan fingerprint density at radius 3 is 2.53 bits per heavy atom. The third kappa shape index (κ3) is 2.70. The van der Waals surface area contributed by atoms with Gasteiger partial charge in [-0.1, -0.05) is 26.2 Å². The van der Waals surface area contributed by atoms with Crippen molar-refractivity contribution in [3.8, 4) is 0 Å². The summed E-state index contributed by atoms with van der Waals surface area (Å²) in [4.78, 5) is 5.25. The van der Waals surface area contributed by atoms with Crippen LogP contribution in [0.2, 0.25) is 0 Å². The zero-order chi connectivity index (χ0) is 14.1. The predicted octanol–water partition coefficient (Wildman–Crippen LogP) is 2.31. The average molecular weight is 267 g/mol. The Balaban J connectivity index is 2.20. The molecule has 1 heterocycles. The predicted molar refractivity (Wildman–Crippen MR) is 82.3 cm³/mol. The highest BCUT2D eigenvalue weighted by atomic mass is 15.3. The van der Waals surface area contributed by atoms with E-state index in [9.17, 15) is 0 Å². The van der Waals surface area contributed by atoms with Gasteiger partial charge in [-0.05, 0) is 39.7 Å². The Bertz CT molecular complexity index is 302. The lowest BCUT2D eigenvalue weighted by molar-refractivity contribution is -0.0630. The van der Waals surface area contributed by atoms with E-state index < -0.39 is 0 Å². The van der Waals surface area contributed by atoms with Gasteiger partial charge in [0.2, 0.25) is 0 Å². The molecule has 0 amide bonds. The van der Waals surface area contributed by atoms with E-state index in [1.807, 2.05) is 0 Å². The molecule has 0 radical (unpaired) electrons. The quantitative estimate of drug-likeness (QED) is 0.852. The van der Waals surface area contributed by atoms with Crippen LogP contribution >= 0.6 is 0 Å². The molecule has 1 saturated carbocycles. The second-order valence-corrected chi connectivity index (χ2v) is 7.31. The fraction of sp³-hybridized carbons (Fsp3) is 1.00. The van der Waals surface area contributed by atoms with Crippen molar-refractivity contribution in [2.75, 3.05) is 33.2 Å². The van der Waals surface area contributed by atoms with Crippen LogP contribution in [0.5, 0.6) is 0 Å². The minimum absolute atomic E-state index is 0.274. The highest BCUT2D eigenvalue weighted by molar-refractivity contribution is 5.03. The van der Waals surface area contributed by atoms with Gasteiger partial charge in [0.15, 0.2) is 0 Å². The number of hydrogen-bond donors (Lipinski definition) is 1. The first-order valence-electron chi connectivity index (χ1n) is 8.12. The Labute approximate surface area is 119 Å². The van der Waals surface area contributed by atoms with E-state index in [1.54, 1.807) is 0 Å². The maximum absolute atomic E-state index is 6.30. The zero-order valence-corrected chi connectivity index (χ0v) is 13.4. The van der Waals surface area contributed by atoms with Gasteiger partial charge in [-0.3, -0.25) is 9.80 Å². The normalized spacial score (nSPS) is 37.4. The van der Waals surface area contributed by atoms with Crippen LogP contribution in [-0.2, 0) is 0 Å².